The molecule has 39 heavy (non-hydrogen) atoms. The summed E-state index contributed by atoms with van der Waals surface area (Å²) < 4.78 is 4.81. The molecule has 0 saturated carbocycles. The first-order chi connectivity index (χ1) is 19.3. The van der Waals surface area contributed by atoms with Gasteiger partial charge in [-0.05, 0) is 78.2 Å². The average molecular weight is 499 g/mol. The molecule has 0 N–H and O–H groups in total. The number of para-hydroxylation sites is 3. The Hall–Kier alpha value is -5.08. The maximum Gasteiger partial charge on any atom is 0.0547 e. The van der Waals surface area contributed by atoms with Crippen LogP contribution < -0.4 is 0 Å². The first-order valence-corrected chi connectivity index (χ1v) is 13.5. The van der Waals surface area contributed by atoms with Crippen molar-refractivity contribution in [2.24, 2.45) is 0 Å². The van der Waals surface area contributed by atoms with Gasteiger partial charge in [-0.3, -0.25) is 0 Å². The Labute approximate surface area is 227 Å². The number of nitrogens with zero attached hydrogens (tertiary/aromatic N) is 2. The van der Waals surface area contributed by atoms with E-state index in [1.54, 1.807) is 0 Å². The van der Waals surface area contributed by atoms with Gasteiger partial charge >= 0.3 is 0 Å². The largest absolute Gasteiger partial charge is 0.309 e. The molecule has 184 valence electrons. The van der Waals surface area contributed by atoms with E-state index in [1.807, 2.05) is 0 Å². The second-order valence-corrected chi connectivity index (χ2v) is 10.3. The molecule has 0 aliphatic rings. The van der Waals surface area contributed by atoms with Gasteiger partial charge in [0.15, 0.2) is 0 Å². The minimum atomic E-state index is 1.17. The van der Waals surface area contributed by atoms with Gasteiger partial charge in [-0.25, -0.2) is 0 Å². The normalized spacial score (nSPS) is 11.7. The molecule has 0 atom stereocenters. The Morgan fingerprint density at radius 2 is 0.923 bits per heavy atom. The minimum absolute atomic E-state index is 1.17. The topological polar surface area (TPSA) is 9.86 Å². The number of fused-ring (bicyclic) bond motifs is 6. The van der Waals surface area contributed by atoms with Crippen molar-refractivity contribution in [1.29, 1.82) is 0 Å². The zero-order valence-corrected chi connectivity index (χ0v) is 21.7. The number of rotatable bonds is 3. The van der Waals surface area contributed by atoms with Crippen LogP contribution in [0.15, 0.2) is 140 Å². The summed E-state index contributed by atoms with van der Waals surface area (Å²) in [7, 11) is 0. The molecule has 6 aromatic carbocycles. The number of benzene rings is 6. The highest BCUT2D eigenvalue weighted by Crippen LogP contribution is 2.39. The Morgan fingerprint density at radius 3 is 1.62 bits per heavy atom. The van der Waals surface area contributed by atoms with E-state index in [2.05, 4.69) is 156 Å². The van der Waals surface area contributed by atoms with Gasteiger partial charge in [0.25, 0.3) is 0 Å². The molecule has 0 radical (unpaired) electrons. The second kappa shape index (κ2) is 8.47. The van der Waals surface area contributed by atoms with Crippen LogP contribution in [0.25, 0.3) is 66.1 Å². The summed E-state index contributed by atoms with van der Waals surface area (Å²) in [6, 6.07) is 50.5. The summed E-state index contributed by atoms with van der Waals surface area (Å²) >= 11 is 0. The molecule has 0 aliphatic carbocycles. The fourth-order valence-electron chi connectivity index (χ4n) is 6.29. The van der Waals surface area contributed by atoms with E-state index in [4.69, 9.17) is 0 Å². The van der Waals surface area contributed by atoms with Crippen LogP contribution in [0.4, 0.5) is 0 Å². The Balaban J connectivity index is 1.45. The van der Waals surface area contributed by atoms with Crippen molar-refractivity contribution in [3.8, 4) is 22.5 Å². The lowest BCUT2D eigenvalue weighted by Crippen LogP contribution is -1.96. The lowest BCUT2D eigenvalue weighted by molar-refractivity contribution is 1.16. The molecular weight excluding hydrogens is 472 g/mol. The van der Waals surface area contributed by atoms with Gasteiger partial charge in [0.2, 0.25) is 0 Å². The van der Waals surface area contributed by atoms with Crippen molar-refractivity contribution in [3.05, 3.63) is 145 Å². The Bertz CT molecular complexity index is 2160. The van der Waals surface area contributed by atoms with Gasteiger partial charge in [0, 0.05) is 32.9 Å². The van der Waals surface area contributed by atoms with Gasteiger partial charge in [0.05, 0.1) is 22.1 Å². The summed E-state index contributed by atoms with van der Waals surface area (Å²) in [4.78, 5) is 0. The van der Waals surface area contributed by atoms with Gasteiger partial charge in [-0.2, -0.15) is 0 Å². The molecule has 0 saturated heterocycles. The van der Waals surface area contributed by atoms with Gasteiger partial charge in [-0.1, -0.05) is 84.9 Å². The maximum absolute atomic E-state index is 2.44. The molecule has 2 heteroatoms. The van der Waals surface area contributed by atoms with Crippen LogP contribution in [0.3, 0.4) is 0 Å². The van der Waals surface area contributed by atoms with Gasteiger partial charge in [-0.15, -0.1) is 0 Å². The molecule has 0 bridgehead atoms. The molecule has 8 aromatic rings. The summed E-state index contributed by atoms with van der Waals surface area (Å²) in [5, 5.41) is 5.09. The predicted octanol–water partition coefficient (Wildman–Crippen LogP) is 9.86. The van der Waals surface area contributed by atoms with E-state index in [0.717, 1.165) is 0 Å². The van der Waals surface area contributed by atoms with Crippen LogP contribution in [-0.4, -0.2) is 9.13 Å². The highest BCUT2D eigenvalue weighted by molar-refractivity contribution is 6.13. The van der Waals surface area contributed by atoms with Crippen molar-refractivity contribution >= 4 is 43.6 Å². The highest BCUT2D eigenvalue weighted by atomic mass is 15.0. The quantitative estimate of drug-likeness (QED) is 0.229. The van der Waals surface area contributed by atoms with Crippen LogP contribution in [0.5, 0.6) is 0 Å². The number of hydrogen-bond acceptors (Lipinski definition) is 0. The van der Waals surface area contributed by atoms with Gasteiger partial charge < -0.3 is 9.13 Å². The van der Waals surface area contributed by atoms with Crippen LogP contribution in [0.2, 0.25) is 0 Å². The summed E-state index contributed by atoms with van der Waals surface area (Å²) in [5.41, 5.74) is 11.0. The van der Waals surface area contributed by atoms with Crippen LogP contribution in [0, 0.1) is 6.92 Å². The molecule has 0 unspecified atom stereocenters. The molecule has 0 spiro atoms. The predicted molar refractivity (Wildman–Crippen MR) is 165 cm³/mol. The molecular formula is C37H26N2. The van der Waals surface area contributed by atoms with E-state index in [1.165, 1.54) is 71.7 Å². The van der Waals surface area contributed by atoms with Crippen molar-refractivity contribution in [2.75, 3.05) is 0 Å². The van der Waals surface area contributed by atoms with Crippen molar-refractivity contribution in [2.45, 2.75) is 6.92 Å². The molecule has 2 nitrogen and oxygen atoms in total. The molecule has 2 heterocycles. The van der Waals surface area contributed by atoms with Crippen molar-refractivity contribution in [3.63, 3.8) is 0 Å². The highest BCUT2D eigenvalue weighted by Gasteiger charge is 2.17. The summed E-state index contributed by atoms with van der Waals surface area (Å²) in [5.74, 6) is 0. The Kier molecular flexibility index (Phi) is 4.77. The van der Waals surface area contributed by atoms with E-state index in [9.17, 15) is 0 Å². The minimum Gasteiger partial charge on any atom is -0.309 e. The third kappa shape index (κ3) is 3.28. The fraction of sp³-hybridized carbons (Fsp3) is 0.0270. The lowest BCUT2D eigenvalue weighted by atomic mass is 9.98. The summed E-state index contributed by atoms with van der Waals surface area (Å²) in [6.45, 7) is 2.22. The molecule has 2 aromatic heterocycles. The first kappa shape index (κ1) is 22.0. The van der Waals surface area contributed by atoms with Crippen LogP contribution in [-0.2, 0) is 0 Å². The van der Waals surface area contributed by atoms with Crippen LogP contribution in [0.1, 0.15) is 5.56 Å². The SMILES string of the molecule is Cc1cc2c3ccccc3n(-c3ccc4c(c3)c3ccccc3n4-c3ccccc3)c2cc1-c1ccccc1. The van der Waals surface area contributed by atoms with E-state index in [0.29, 0.717) is 0 Å². The lowest BCUT2D eigenvalue weighted by Gasteiger charge is -2.12. The standard InChI is InChI=1S/C37H26N2/c1-25-22-32-29-16-8-11-19-35(29)39(37(32)24-31(25)26-12-4-2-5-13-26)28-20-21-36-33(23-28)30-17-9-10-18-34(30)38(36)27-14-6-3-7-15-27/h2-24H,1H3. The zero-order chi connectivity index (χ0) is 25.9. The Morgan fingerprint density at radius 1 is 0.385 bits per heavy atom. The monoisotopic (exact) mass is 498 g/mol. The zero-order valence-electron chi connectivity index (χ0n) is 21.7. The summed E-state index contributed by atoms with van der Waals surface area (Å²) in [6.07, 6.45) is 0. The molecule has 0 amide bonds. The van der Waals surface area contributed by atoms with E-state index < -0.39 is 0 Å². The third-order valence-electron chi connectivity index (χ3n) is 8.03. The van der Waals surface area contributed by atoms with E-state index in [-0.39, 0.29) is 0 Å². The van der Waals surface area contributed by atoms with Crippen LogP contribution >= 0.6 is 0 Å². The van der Waals surface area contributed by atoms with E-state index >= 15 is 0 Å². The maximum atomic E-state index is 2.44. The first-order valence-electron chi connectivity index (χ1n) is 13.5. The molecule has 0 fully saturated rings. The number of hydrogen-bond donors (Lipinski definition) is 0. The number of aryl methyl sites for hydroxylation is 1. The second-order valence-electron chi connectivity index (χ2n) is 10.3. The van der Waals surface area contributed by atoms with Gasteiger partial charge in [0.1, 0.15) is 0 Å². The molecule has 0 aliphatic heterocycles. The third-order valence-corrected chi connectivity index (χ3v) is 8.03. The van der Waals surface area contributed by atoms with Crippen molar-refractivity contribution in [1.82, 2.24) is 9.13 Å². The van der Waals surface area contributed by atoms with Crippen molar-refractivity contribution < 1.29 is 0 Å². The fourth-order valence-corrected chi connectivity index (χ4v) is 6.29. The smallest absolute Gasteiger partial charge is 0.0547 e. The number of aromatic nitrogens is 2. The average Bonchev–Trinajstić information content (AvgIpc) is 3.49. The molecule has 8 rings (SSSR count).